The van der Waals surface area contributed by atoms with Gasteiger partial charge in [-0.15, -0.1) is 0 Å². The standard InChI is InChI=1S/C17H18O4/c1-9-14(10-6-4-5-7-12(10)20-2)16-15(9)11(18)8-13(21-3)17(16)19/h4-9,14-16H,1-3H3/t9-,14+,15+,16+/m1/s1. The first kappa shape index (κ1) is 13.9. The van der Waals surface area contributed by atoms with E-state index in [1.54, 1.807) is 7.11 Å². The Kier molecular flexibility index (Phi) is 3.32. The Morgan fingerprint density at radius 1 is 0.952 bits per heavy atom. The van der Waals surface area contributed by atoms with Crippen molar-refractivity contribution in [2.45, 2.75) is 12.8 Å². The molecule has 1 saturated carbocycles. The first-order valence-corrected chi connectivity index (χ1v) is 7.06. The fourth-order valence-corrected chi connectivity index (χ4v) is 3.76. The second kappa shape index (κ2) is 5.02. The minimum Gasteiger partial charge on any atom is -0.496 e. The highest BCUT2D eigenvalue weighted by molar-refractivity contribution is 6.11. The number of methoxy groups -OCH3 is 2. The van der Waals surface area contributed by atoms with Crippen molar-refractivity contribution in [3.63, 3.8) is 0 Å². The van der Waals surface area contributed by atoms with E-state index >= 15 is 0 Å². The summed E-state index contributed by atoms with van der Waals surface area (Å²) in [6, 6.07) is 7.69. The lowest BCUT2D eigenvalue weighted by atomic mass is 9.51. The molecule has 110 valence electrons. The van der Waals surface area contributed by atoms with E-state index in [4.69, 9.17) is 9.47 Å². The summed E-state index contributed by atoms with van der Waals surface area (Å²) in [5, 5.41) is 0. The van der Waals surface area contributed by atoms with Crippen LogP contribution in [0.2, 0.25) is 0 Å². The first-order valence-electron chi connectivity index (χ1n) is 7.06. The van der Waals surface area contributed by atoms with Gasteiger partial charge in [0.2, 0.25) is 5.78 Å². The van der Waals surface area contributed by atoms with Gasteiger partial charge in [-0.2, -0.15) is 0 Å². The maximum Gasteiger partial charge on any atom is 0.201 e. The van der Waals surface area contributed by atoms with Crippen LogP contribution in [-0.4, -0.2) is 25.8 Å². The van der Waals surface area contributed by atoms with Crippen molar-refractivity contribution in [3.05, 3.63) is 41.7 Å². The molecule has 1 aromatic carbocycles. The van der Waals surface area contributed by atoms with E-state index < -0.39 is 0 Å². The van der Waals surface area contributed by atoms with Crippen LogP contribution >= 0.6 is 0 Å². The quantitative estimate of drug-likeness (QED) is 0.856. The van der Waals surface area contributed by atoms with Gasteiger partial charge in [0, 0.05) is 23.8 Å². The zero-order valence-corrected chi connectivity index (χ0v) is 12.3. The van der Waals surface area contributed by atoms with Gasteiger partial charge in [-0.1, -0.05) is 25.1 Å². The molecule has 1 fully saturated rings. The summed E-state index contributed by atoms with van der Waals surface area (Å²) in [6.07, 6.45) is 1.35. The molecule has 0 amide bonds. The van der Waals surface area contributed by atoms with Crippen molar-refractivity contribution in [3.8, 4) is 5.75 Å². The van der Waals surface area contributed by atoms with Crippen molar-refractivity contribution in [2.24, 2.45) is 17.8 Å². The summed E-state index contributed by atoms with van der Waals surface area (Å²) in [5.74, 6) is 0.426. The van der Waals surface area contributed by atoms with Crippen LogP contribution in [0.4, 0.5) is 0 Å². The van der Waals surface area contributed by atoms with Crippen molar-refractivity contribution < 1.29 is 19.1 Å². The molecule has 0 spiro atoms. The molecule has 3 rings (SSSR count). The monoisotopic (exact) mass is 286 g/mol. The number of carbonyl (C=O) groups excluding carboxylic acids is 2. The first-order chi connectivity index (χ1) is 10.1. The number of ether oxygens (including phenoxy) is 2. The SMILES string of the molecule is COC1=CC(=O)[C@@H]2[C@H](C)[C@@H](c3ccccc3OC)[C@@H]2C1=O. The highest BCUT2D eigenvalue weighted by atomic mass is 16.5. The van der Waals surface area contributed by atoms with E-state index in [2.05, 4.69) is 0 Å². The van der Waals surface area contributed by atoms with Crippen molar-refractivity contribution in [2.75, 3.05) is 14.2 Å². The van der Waals surface area contributed by atoms with Gasteiger partial charge < -0.3 is 9.47 Å². The van der Waals surface area contributed by atoms with Gasteiger partial charge >= 0.3 is 0 Å². The summed E-state index contributed by atoms with van der Waals surface area (Å²) in [4.78, 5) is 24.7. The molecule has 21 heavy (non-hydrogen) atoms. The Morgan fingerprint density at radius 3 is 2.33 bits per heavy atom. The van der Waals surface area contributed by atoms with Crippen LogP contribution < -0.4 is 4.74 Å². The molecule has 1 aromatic rings. The Morgan fingerprint density at radius 2 is 1.67 bits per heavy atom. The van der Waals surface area contributed by atoms with Crippen LogP contribution in [0.3, 0.4) is 0 Å². The molecule has 0 saturated heterocycles. The van der Waals surface area contributed by atoms with E-state index in [-0.39, 0.29) is 41.0 Å². The molecule has 4 heteroatoms. The lowest BCUT2D eigenvalue weighted by molar-refractivity contribution is -0.144. The molecular formula is C17H18O4. The number of allylic oxidation sites excluding steroid dienone is 2. The van der Waals surface area contributed by atoms with E-state index in [9.17, 15) is 9.59 Å². The molecular weight excluding hydrogens is 268 g/mol. The summed E-state index contributed by atoms with van der Waals surface area (Å²) in [6.45, 7) is 2.02. The number of para-hydroxylation sites is 1. The topological polar surface area (TPSA) is 52.6 Å². The van der Waals surface area contributed by atoms with E-state index in [1.165, 1.54) is 13.2 Å². The second-order valence-corrected chi connectivity index (χ2v) is 5.66. The summed E-state index contributed by atoms with van der Waals surface area (Å²) >= 11 is 0. The number of benzene rings is 1. The Labute approximate surface area is 123 Å². The van der Waals surface area contributed by atoms with Crippen molar-refractivity contribution in [1.82, 2.24) is 0 Å². The van der Waals surface area contributed by atoms with E-state index in [0.717, 1.165) is 11.3 Å². The lowest BCUT2D eigenvalue weighted by Gasteiger charge is -2.50. The van der Waals surface area contributed by atoms with Gasteiger partial charge in [0.1, 0.15) is 5.75 Å². The number of fused-ring (bicyclic) bond motifs is 1. The molecule has 4 atom stereocenters. The van der Waals surface area contributed by atoms with Gasteiger partial charge in [-0.05, 0) is 17.5 Å². The third-order valence-electron chi connectivity index (χ3n) is 4.77. The predicted octanol–water partition coefficient (Wildman–Crippen LogP) is 2.34. The largest absolute Gasteiger partial charge is 0.496 e. The molecule has 0 aromatic heterocycles. The highest BCUT2D eigenvalue weighted by Crippen LogP contribution is 2.56. The summed E-state index contributed by atoms with van der Waals surface area (Å²) < 4.78 is 10.5. The van der Waals surface area contributed by atoms with E-state index in [0.29, 0.717) is 0 Å². The third-order valence-corrected chi connectivity index (χ3v) is 4.77. The smallest absolute Gasteiger partial charge is 0.201 e. The second-order valence-electron chi connectivity index (χ2n) is 5.66. The molecule has 0 heterocycles. The maximum atomic E-state index is 12.5. The van der Waals surface area contributed by atoms with Crippen LogP contribution in [-0.2, 0) is 14.3 Å². The fraction of sp³-hybridized carbons (Fsp3) is 0.412. The minimum absolute atomic E-state index is 0.00134. The van der Waals surface area contributed by atoms with Crippen LogP contribution in [0.25, 0.3) is 0 Å². The lowest BCUT2D eigenvalue weighted by Crippen LogP contribution is -2.54. The summed E-state index contributed by atoms with van der Waals surface area (Å²) in [7, 11) is 3.05. The average molecular weight is 286 g/mol. The van der Waals surface area contributed by atoms with Gasteiger partial charge in [0.25, 0.3) is 0 Å². The van der Waals surface area contributed by atoms with Crippen molar-refractivity contribution in [1.29, 1.82) is 0 Å². The fourth-order valence-electron chi connectivity index (χ4n) is 3.76. The maximum absolute atomic E-state index is 12.5. The summed E-state index contributed by atoms with van der Waals surface area (Å²) in [5.41, 5.74) is 0.993. The molecule has 2 aliphatic carbocycles. The molecule has 0 radical (unpaired) electrons. The van der Waals surface area contributed by atoms with Crippen LogP contribution in [0.5, 0.6) is 5.75 Å². The van der Waals surface area contributed by atoms with Crippen LogP contribution in [0.15, 0.2) is 36.1 Å². The van der Waals surface area contributed by atoms with Gasteiger partial charge in [0.05, 0.1) is 14.2 Å². The Hall–Kier alpha value is -2.10. The minimum atomic E-state index is -0.330. The molecule has 0 bridgehead atoms. The number of Topliss-reactive ketones (excluding diaryl/α,β-unsaturated/α-hetero) is 1. The van der Waals surface area contributed by atoms with Crippen LogP contribution in [0, 0.1) is 17.8 Å². The van der Waals surface area contributed by atoms with Crippen LogP contribution in [0.1, 0.15) is 18.4 Å². The highest BCUT2D eigenvalue weighted by Gasteiger charge is 2.58. The van der Waals surface area contributed by atoms with E-state index in [1.807, 2.05) is 31.2 Å². The molecule has 4 nitrogen and oxygen atoms in total. The third kappa shape index (κ3) is 1.89. The number of hydrogen-bond acceptors (Lipinski definition) is 4. The Balaban J connectivity index is 2.01. The van der Waals surface area contributed by atoms with Crippen molar-refractivity contribution >= 4 is 11.6 Å². The predicted molar refractivity (Wildman–Crippen MR) is 77.0 cm³/mol. The number of carbonyl (C=O) groups is 2. The molecule has 0 aliphatic heterocycles. The average Bonchev–Trinajstić information content (AvgIpc) is 2.49. The zero-order valence-electron chi connectivity index (χ0n) is 12.3. The van der Waals surface area contributed by atoms with Gasteiger partial charge in [-0.3, -0.25) is 9.59 Å². The number of hydrogen-bond donors (Lipinski definition) is 0. The normalized spacial score (nSPS) is 31.1. The molecule has 0 N–H and O–H groups in total. The number of ketones is 2. The zero-order chi connectivity index (χ0) is 15.1. The Bertz CT molecular complexity index is 631. The molecule has 2 aliphatic rings. The van der Waals surface area contributed by atoms with Gasteiger partial charge in [-0.25, -0.2) is 0 Å². The number of rotatable bonds is 3. The van der Waals surface area contributed by atoms with Gasteiger partial charge in [0.15, 0.2) is 11.5 Å². The molecule has 0 unspecified atom stereocenters.